The molecule has 1 amide bonds. The minimum Gasteiger partial charge on any atom is -0.302 e. The van der Waals surface area contributed by atoms with Crippen LogP contribution < -0.4 is 5.32 Å². The second-order valence-electron chi connectivity index (χ2n) is 4.05. The zero-order chi connectivity index (χ0) is 11.7. The molecule has 0 fully saturated rings. The lowest BCUT2D eigenvalue weighted by Crippen LogP contribution is -2.04. The molecular formula is C12H14N2OS. The summed E-state index contributed by atoms with van der Waals surface area (Å²) >= 11 is 1.51. The smallest absolute Gasteiger partial charge is 0.223 e. The van der Waals surface area contributed by atoms with E-state index in [0.29, 0.717) is 11.0 Å². The summed E-state index contributed by atoms with van der Waals surface area (Å²) in [5, 5.41) is 3.41. The van der Waals surface area contributed by atoms with Crippen molar-refractivity contribution in [1.82, 2.24) is 4.98 Å². The van der Waals surface area contributed by atoms with Gasteiger partial charge in [-0.3, -0.25) is 4.79 Å². The molecule has 2 rings (SSSR count). The highest BCUT2D eigenvalue weighted by Crippen LogP contribution is 2.31. The summed E-state index contributed by atoms with van der Waals surface area (Å²) in [6.45, 7) is 5.79. The largest absolute Gasteiger partial charge is 0.302 e. The van der Waals surface area contributed by atoms with Crippen LogP contribution in [-0.4, -0.2) is 10.9 Å². The summed E-state index contributed by atoms with van der Waals surface area (Å²) in [6.07, 6.45) is 0. The molecule has 3 nitrogen and oxygen atoms in total. The summed E-state index contributed by atoms with van der Waals surface area (Å²) in [5.74, 6) is 0.362. The van der Waals surface area contributed by atoms with E-state index in [0.717, 1.165) is 10.2 Å². The number of carbonyl (C=O) groups is 1. The molecule has 2 aromatic rings. The quantitative estimate of drug-likeness (QED) is 0.865. The Morgan fingerprint density at radius 1 is 1.44 bits per heavy atom. The predicted octanol–water partition coefficient (Wildman–Crippen LogP) is 3.38. The van der Waals surface area contributed by atoms with Crippen molar-refractivity contribution in [3.63, 3.8) is 0 Å². The highest BCUT2D eigenvalue weighted by molar-refractivity contribution is 7.22. The van der Waals surface area contributed by atoms with E-state index >= 15 is 0 Å². The highest BCUT2D eigenvalue weighted by Gasteiger charge is 2.10. The minimum atomic E-state index is -0.0786. The Balaban J connectivity index is 2.52. The summed E-state index contributed by atoms with van der Waals surface area (Å²) in [7, 11) is 0. The molecule has 0 aliphatic rings. The molecule has 0 unspecified atom stereocenters. The van der Waals surface area contributed by atoms with E-state index in [1.807, 2.05) is 12.1 Å². The average Bonchev–Trinajstić information content (AvgIpc) is 2.57. The van der Waals surface area contributed by atoms with Gasteiger partial charge in [0.05, 0.1) is 10.2 Å². The van der Waals surface area contributed by atoms with E-state index in [1.54, 1.807) is 0 Å². The van der Waals surface area contributed by atoms with Crippen LogP contribution in [0.4, 0.5) is 5.13 Å². The summed E-state index contributed by atoms with van der Waals surface area (Å²) < 4.78 is 1.12. The van der Waals surface area contributed by atoms with Crippen molar-refractivity contribution >= 4 is 32.6 Å². The fourth-order valence-corrected chi connectivity index (χ4v) is 2.59. The molecule has 0 spiro atoms. The topological polar surface area (TPSA) is 42.0 Å². The van der Waals surface area contributed by atoms with Crippen LogP contribution >= 0.6 is 11.3 Å². The lowest BCUT2D eigenvalue weighted by molar-refractivity contribution is -0.114. The summed E-state index contributed by atoms with van der Waals surface area (Å²) in [4.78, 5) is 15.4. The van der Waals surface area contributed by atoms with Gasteiger partial charge in [-0.25, -0.2) is 4.98 Å². The lowest BCUT2D eigenvalue weighted by atomic mass is 10.0. The van der Waals surface area contributed by atoms with Gasteiger partial charge in [0.1, 0.15) is 0 Å². The van der Waals surface area contributed by atoms with Crippen molar-refractivity contribution in [2.75, 3.05) is 5.32 Å². The minimum absolute atomic E-state index is 0.0786. The molecule has 0 saturated heterocycles. The van der Waals surface area contributed by atoms with Crippen molar-refractivity contribution in [1.29, 1.82) is 0 Å². The lowest BCUT2D eigenvalue weighted by Gasteiger charge is -2.04. The third-order valence-electron chi connectivity index (χ3n) is 2.36. The highest BCUT2D eigenvalue weighted by atomic mass is 32.1. The molecule has 0 atom stereocenters. The second kappa shape index (κ2) is 4.22. The number of amides is 1. The van der Waals surface area contributed by atoms with E-state index in [-0.39, 0.29) is 5.91 Å². The number of benzene rings is 1. The van der Waals surface area contributed by atoms with Gasteiger partial charge in [0.15, 0.2) is 5.13 Å². The van der Waals surface area contributed by atoms with Crippen molar-refractivity contribution in [3.05, 3.63) is 23.8 Å². The molecule has 16 heavy (non-hydrogen) atoms. The first-order chi connectivity index (χ1) is 7.58. The van der Waals surface area contributed by atoms with Crippen LogP contribution in [0.1, 0.15) is 32.3 Å². The Morgan fingerprint density at radius 2 is 2.19 bits per heavy atom. The Bertz CT molecular complexity index is 531. The normalized spacial score (nSPS) is 11.0. The molecule has 1 aromatic carbocycles. The van der Waals surface area contributed by atoms with Gasteiger partial charge in [0.25, 0.3) is 0 Å². The van der Waals surface area contributed by atoms with Crippen LogP contribution in [0.15, 0.2) is 18.2 Å². The predicted molar refractivity (Wildman–Crippen MR) is 68.0 cm³/mol. The molecular weight excluding hydrogens is 220 g/mol. The van der Waals surface area contributed by atoms with E-state index < -0.39 is 0 Å². The molecule has 0 aliphatic carbocycles. The van der Waals surface area contributed by atoms with Crippen LogP contribution in [0, 0.1) is 0 Å². The number of anilines is 1. The van der Waals surface area contributed by atoms with Gasteiger partial charge in [-0.2, -0.15) is 0 Å². The van der Waals surface area contributed by atoms with Gasteiger partial charge in [-0.1, -0.05) is 37.3 Å². The Morgan fingerprint density at radius 3 is 2.81 bits per heavy atom. The van der Waals surface area contributed by atoms with Crippen LogP contribution in [0.2, 0.25) is 0 Å². The third kappa shape index (κ3) is 2.07. The van der Waals surface area contributed by atoms with Gasteiger partial charge in [-0.15, -0.1) is 0 Å². The van der Waals surface area contributed by atoms with Crippen molar-refractivity contribution in [3.8, 4) is 0 Å². The van der Waals surface area contributed by atoms with Gasteiger partial charge >= 0.3 is 0 Å². The molecule has 4 heteroatoms. The van der Waals surface area contributed by atoms with Crippen molar-refractivity contribution in [2.24, 2.45) is 0 Å². The Labute approximate surface area is 98.5 Å². The molecule has 1 N–H and O–H groups in total. The van der Waals surface area contributed by atoms with E-state index in [1.165, 1.54) is 23.8 Å². The Kier molecular flexibility index (Phi) is 2.92. The van der Waals surface area contributed by atoms with E-state index in [4.69, 9.17) is 0 Å². The maximum Gasteiger partial charge on any atom is 0.223 e. The molecule has 0 bridgehead atoms. The summed E-state index contributed by atoms with van der Waals surface area (Å²) in [6, 6.07) is 6.15. The number of hydrogen-bond acceptors (Lipinski definition) is 3. The number of hydrogen-bond donors (Lipinski definition) is 1. The molecule has 84 valence electrons. The fraction of sp³-hybridized carbons (Fsp3) is 0.333. The van der Waals surface area contributed by atoms with Crippen molar-refractivity contribution in [2.45, 2.75) is 26.7 Å². The first-order valence-electron chi connectivity index (χ1n) is 5.25. The van der Waals surface area contributed by atoms with Gasteiger partial charge in [0.2, 0.25) is 5.91 Å². The zero-order valence-electron chi connectivity index (χ0n) is 9.57. The maximum atomic E-state index is 11.0. The number of aromatic nitrogens is 1. The molecule has 0 aliphatic heterocycles. The van der Waals surface area contributed by atoms with Gasteiger partial charge < -0.3 is 5.32 Å². The van der Waals surface area contributed by atoms with Crippen LogP contribution in [0.5, 0.6) is 0 Å². The standard InChI is InChI=1S/C12H14N2OS/c1-7(2)9-5-4-6-10-11(9)14-12(16-10)13-8(3)15/h4-7H,1-3H3,(H,13,14,15). The van der Waals surface area contributed by atoms with Crippen molar-refractivity contribution < 1.29 is 4.79 Å². The van der Waals surface area contributed by atoms with E-state index in [2.05, 4.69) is 30.2 Å². The number of fused-ring (bicyclic) bond motifs is 1. The molecule has 0 radical (unpaired) electrons. The SMILES string of the molecule is CC(=O)Nc1nc2c(C(C)C)cccc2s1. The summed E-state index contributed by atoms with van der Waals surface area (Å²) in [5.41, 5.74) is 2.23. The Hall–Kier alpha value is -1.42. The first-order valence-corrected chi connectivity index (χ1v) is 6.06. The zero-order valence-corrected chi connectivity index (χ0v) is 10.4. The second-order valence-corrected chi connectivity index (χ2v) is 5.08. The number of thiazole rings is 1. The number of carbonyl (C=O) groups excluding carboxylic acids is 1. The third-order valence-corrected chi connectivity index (χ3v) is 3.29. The first kappa shape index (κ1) is 11.1. The van der Waals surface area contributed by atoms with Crippen LogP contribution in [0.3, 0.4) is 0 Å². The maximum absolute atomic E-state index is 11.0. The molecule has 1 aromatic heterocycles. The number of nitrogens with one attached hydrogen (secondary N) is 1. The van der Waals surface area contributed by atoms with Crippen LogP contribution in [-0.2, 0) is 4.79 Å². The van der Waals surface area contributed by atoms with Gasteiger partial charge in [0, 0.05) is 6.92 Å². The number of para-hydroxylation sites is 1. The molecule has 0 saturated carbocycles. The molecule has 1 heterocycles. The van der Waals surface area contributed by atoms with E-state index in [9.17, 15) is 4.79 Å². The van der Waals surface area contributed by atoms with Gasteiger partial charge in [-0.05, 0) is 17.5 Å². The fourth-order valence-electron chi connectivity index (χ4n) is 1.64. The number of nitrogens with zero attached hydrogens (tertiary/aromatic N) is 1. The monoisotopic (exact) mass is 234 g/mol. The average molecular weight is 234 g/mol. The van der Waals surface area contributed by atoms with Crippen LogP contribution in [0.25, 0.3) is 10.2 Å². The number of rotatable bonds is 2.